The van der Waals surface area contributed by atoms with Gasteiger partial charge in [-0.1, -0.05) is 6.07 Å². The molecule has 2 unspecified atom stereocenters. The Labute approximate surface area is 242 Å². The number of fused-ring (bicyclic) bond motifs is 2. The van der Waals surface area contributed by atoms with Crippen molar-refractivity contribution >= 4 is 27.6 Å². The molecule has 0 radical (unpaired) electrons. The fourth-order valence-electron chi connectivity index (χ4n) is 5.96. The van der Waals surface area contributed by atoms with E-state index in [2.05, 4.69) is 21.2 Å². The van der Waals surface area contributed by atoms with Gasteiger partial charge in [0.1, 0.15) is 6.04 Å². The average Bonchev–Trinajstić information content (AvgIpc) is 3.54. The molecule has 38 heavy (non-hydrogen) atoms. The predicted molar refractivity (Wildman–Crippen MR) is 133 cm³/mol. The minimum Gasteiger partial charge on any atom is -0.423 e. The Bertz CT molecular complexity index is 1280. The third-order valence-corrected chi connectivity index (χ3v) is 9.05. The number of anilines is 2. The summed E-state index contributed by atoms with van der Waals surface area (Å²) in [5.41, 5.74) is 5.09. The van der Waals surface area contributed by atoms with Gasteiger partial charge in [0.2, 0.25) is 0 Å². The molecule has 1 aromatic heterocycles. The van der Waals surface area contributed by atoms with E-state index in [0.29, 0.717) is 5.69 Å². The van der Waals surface area contributed by atoms with Crippen molar-refractivity contribution in [1.29, 1.82) is 0 Å². The summed E-state index contributed by atoms with van der Waals surface area (Å²) < 4.78 is 73.8. The number of amides is 2. The standard InChI is InChI=1S/C24H31F3N6O3S.Na/c1-31-10-9-17(12-21(31)24(25,26)27)33(18-13-28-32(2)14-18)37(35,36)30-23(34)29-22-19-7-3-5-15(19)11-16-6-4-8-20(16)22;/h11,13-14,17,21H,3-10,12H2,1-2H3,(H2,29,30,34);/q;+1/p-1. The largest absolute Gasteiger partial charge is 1.00 e. The Morgan fingerprint density at radius 3 is 2.32 bits per heavy atom. The molecule has 1 fully saturated rings. The van der Waals surface area contributed by atoms with Crippen molar-refractivity contribution in [3.8, 4) is 0 Å². The zero-order valence-corrected chi connectivity index (χ0v) is 24.6. The number of carbonyl (C=O) groups is 1. The van der Waals surface area contributed by atoms with E-state index in [4.69, 9.17) is 0 Å². The topological polar surface area (TPSA) is 102 Å². The van der Waals surface area contributed by atoms with Crippen molar-refractivity contribution in [2.45, 2.75) is 69.6 Å². The maximum Gasteiger partial charge on any atom is 1.00 e. The maximum atomic E-state index is 13.7. The van der Waals surface area contributed by atoms with Crippen LogP contribution in [0.4, 0.5) is 29.3 Å². The number of aromatic nitrogens is 2. The fourth-order valence-corrected chi connectivity index (χ4v) is 7.23. The minimum atomic E-state index is -4.69. The number of likely N-dealkylation sites (tertiary alicyclic amines) is 1. The van der Waals surface area contributed by atoms with Crippen LogP contribution >= 0.6 is 0 Å². The van der Waals surface area contributed by atoms with Gasteiger partial charge in [0.25, 0.3) is 10.2 Å². The SMILES string of the molecule is CN1CCC(N(c2cnn(C)c2)S(=O)(=O)[N-]C(=O)Nc2c3c(cc4c2CCC4)CCC3)CC1C(F)(F)F.[Na+]. The number of urea groups is 1. The Morgan fingerprint density at radius 1 is 1.13 bits per heavy atom. The van der Waals surface area contributed by atoms with Gasteiger partial charge in [0.05, 0.1) is 11.9 Å². The summed E-state index contributed by atoms with van der Waals surface area (Å²) in [7, 11) is -1.75. The summed E-state index contributed by atoms with van der Waals surface area (Å²) in [6.07, 6.45) is 3.11. The molecule has 1 N–H and O–H groups in total. The fraction of sp³-hybridized carbons (Fsp3) is 0.583. The zero-order chi connectivity index (χ0) is 26.5. The molecule has 0 saturated carbocycles. The molecule has 2 amide bonds. The summed E-state index contributed by atoms with van der Waals surface area (Å²) in [6.45, 7) is 0.0373. The first-order valence-electron chi connectivity index (χ1n) is 12.4. The number of hydrogen-bond acceptors (Lipinski definition) is 5. The molecule has 202 valence electrons. The van der Waals surface area contributed by atoms with Gasteiger partial charge in [0.15, 0.2) is 6.03 Å². The quantitative estimate of drug-likeness (QED) is 0.550. The van der Waals surface area contributed by atoms with Crippen molar-refractivity contribution in [2.75, 3.05) is 23.2 Å². The predicted octanol–water partition coefficient (Wildman–Crippen LogP) is 1.08. The van der Waals surface area contributed by atoms with Crippen LogP contribution in [0.15, 0.2) is 18.5 Å². The van der Waals surface area contributed by atoms with Crippen LogP contribution in [0.1, 0.15) is 47.9 Å². The molecule has 2 aliphatic carbocycles. The first kappa shape index (κ1) is 29.2. The van der Waals surface area contributed by atoms with E-state index in [0.717, 1.165) is 54.0 Å². The van der Waals surface area contributed by atoms with Crippen LogP contribution in [0.2, 0.25) is 0 Å². The number of piperidine rings is 1. The van der Waals surface area contributed by atoms with E-state index in [-0.39, 0.29) is 48.2 Å². The van der Waals surface area contributed by atoms with Gasteiger partial charge in [-0.3, -0.25) is 18.7 Å². The van der Waals surface area contributed by atoms with Crippen molar-refractivity contribution in [3.05, 3.63) is 45.4 Å². The maximum absolute atomic E-state index is 13.7. The van der Waals surface area contributed by atoms with Crippen LogP contribution in [0.3, 0.4) is 0 Å². The zero-order valence-electron chi connectivity index (χ0n) is 21.8. The number of benzene rings is 1. The number of nitrogens with one attached hydrogen (secondary N) is 1. The Morgan fingerprint density at radius 2 is 1.76 bits per heavy atom. The van der Waals surface area contributed by atoms with Gasteiger partial charge in [-0.05, 0) is 86.4 Å². The molecule has 5 rings (SSSR count). The van der Waals surface area contributed by atoms with Gasteiger partial charge in [0, 0.05) is 25.8 Å². The van der Waals surface area contributed by atoms with E-state index in [1.54, 1.807) is 7.05 Å². The second-order valence-corrected chi connectivity index (χ2v) is 11.6. The summed E-state index contributed by atoms with van der Waals surface area (Å²) in [5, 5.41) is 6.72. The van der Waals surface area contributed by atoms with Crippen LogP contribution in [0, 0.1) is 0 Å². The smallest absolute Gasteiger partial charge is 0.423 e. The van der Waals surface area contributed by atoms with Gasteiger partial charge < -0.3 is 10.0 Å². The Balaban J connectivity index is 0.00000336. The van der Waals surface area contributed by atoms with Crippen LogP contribution in [0.5, 0.6) is 0 Å². The Hall–Kier alpha value is -1.80. The number of aryl methyl sites for hydroxylation is 3. The molecule has 1 aliphatic heterocycles. The van der Waals surface area contributed by atoms with Gasteiger partial charge in [-0.25, -0.2) is 8.42 Å². The number of rotatable bonds is 5. The molecule has 1 saturated heterocycles. The molecular formula is C24H30F3N6NaO3S. The number of halogens is 3. The third-order valence-electron chi connectivity index (χ3n) is 7.65. The van der Waals surface area contributed by atoms with Gasteiger partial charge in [-0.15, -0.1) is 0 Å². The number of alkyl halides is 3. The molecule has 2 heterocycles. The van der Waals surface area contributed by atoms with E-state index in [9.17, 15) is 26.4 Å². The van der Waals surface area contributed by atoms with Crippen molar-refractivity contribution in [2.24, 2.45) is 7.05 Å². The average molecular weight is 563 g/mol. The number of carbonyl (C=O) groups excluding carboxylic acids is 1. The van der Waals surface area contributed by atoms with Crippen LogP contribution in [-0.2, 0) is 42.9 Å². The molecule has 9 nitrogen and oxygen atoms in total. The van der Waals surface area contributed by atoms with Crippen molar-refractivity contribution < 1.29 is 55.9 Å². The molecule has 2 aromatic rings. The van der Waals surface area contributed by atoms with Crippen LogP contribution in [0.25, 0.3) is 4.72 Å². The molecule has 14 heteroatoms. The molecule has 1 aromatic carbocycles. The number of hydrogen-bond donors (Lipinski definition) is 1. The van der Waals surface area contributed by atoms with E-state index >= 15 is 0 Å². The van der Waals surface area contributed by atoms with Crippen molar-refractivity contribution in [1.82, 2.24) is 14.7 Å². The first-order chi connectivity index (χ1) is 17.4. The van der Waals surface area contributed by atoms with Gasteiger partial charge in [-0.2, -0.15) is 18.3 Å². The molecule has 2 atom stereocenters. The second kappa shape index (κ2) is 11.0. The normalized spacial score (nSPS) is 21.4. The summed E-state index contributed by atoms with van der Waals surface area (Å²) in [6, 6.07) is -1.72. The monoisotopic (exact) mass is 562 g/mol. The summed E-state index contributed by atoms with van der Waals surface area (Å²) >= 11 is 0. The van der Waals surface area contributed by atoms with Gasteiger partial charge >= 0.3 is 35.7 Å². The minimum absolute atomic E-state index is 0. The first-order valence-corrected chi connectivity index (χ1v) is 13.8. The summed E-state index contributed by atoms with van der Waals surface area (Å²) in [5.74, 6) is 0. The molecule has 0 spiro atoms. The Kier molecular flexibility index (Phi) is 8.44. The molecule has 0 bridgehead atoms. The van der Waals surface area contributed by atoms with E-state index in [1.165, 1.54) is 40.1 Å². The van der Waals surface area contributed by atoms with E-state index in [1.807, 2.05) is 0 Å². The molecular weight excluding hydrogens is 532 g/mol. The summed E-state index contributed by atoms with van der Waals surface area (Å²) in [4.78, 5) is 14.2. The number of nitrogens with zero attached hydrogens (tertiary/aromatic N) is 5. The third kappa shape index (κ3) is 5.72. The van der Waals surface area contributed by atoms with E-state index < -0.39 is 40.9 Å². The molecule has 3 aliphatic rings. The van der Waals surface area contributed by atoms with Crippen LogP contribution < -0.4 is 39.2 Å². The van der Waals surface area contributed by atoms with Crippen molar-refractivity contribution in [3.63, 3.8) is 0 Å². The second-order valence-electron chi connectivity index (χ2n) is 10.1. The van der Waals surface area contributed by atoms with Crippen LogP contribution in [-0.4, -0.2) is 61.0 Å².